The third kappa shape index (κ3) is 9.98. The van der Waals surface area contributed by atoms with E-state index < -0.39 is 0 Å². The summed E-state index contributed by atoms with van der Waals surface area (Å²) in [4.78, 5) is 0. The van der Waals surface area contributed by atoms with Crippen molar-refractivity contribution in [1.29, 1.82) is 0 Å². The molecule has 0 aliphatic carbocycles. The largest absolute Gasteiger partial charge is 0.309 e. The third-order valence-electron chi connectivity index (χ3n) is 14.2. The van der Waals surface area contributed by atoms with Gasteiger partial charge in [0.05, 0.1) is 22.1 Å². The van der Waals surface area contributed by atoms with E-state index in [1.54, 1.807) is 6.08 Å². The minimum atomic E-state index is 1.16. The van der Waals surface area contributed by atoms with Crippen molar-refractivity contribution in [3.8, 4) is 44.8 Å². The summed E-state index contributed by atoms with van der Waals surface area (Å²) >= 11 is 0. The maximum absolute atomic E-state index is 3.46. The van der Waals surface area contributed by atoms with Gasteiger partial charge >= 0.3 is 0 Å². The van der Waals surface area contributed by atoms with Crippen LogP contribution in [0.1, 0.15) is 34.6 Å². The summed E-state index contributed by atoms with van der Waals surface area (Å²) in [5, 5.41) is 12.8. The van der Waals surface area contributed by atoms with Gasteiger partial charge in [-0.2, -0.15) is 0 Å². The van der Waals surface area contributed by atoms with Crippen LogP contribution >= 0.6 is 0 Å². The highest BCUT2D eigenvalue weighted by Gasteiger charge is 2.20. The van der Waals surface area contributed by atoms with E-state index in [9.17, 15) is 0 Å². The number of aromatic nitrogens is 2. The Bertz CT molecular complexity index is 4170. The number of rotatable bonds is 6. The molecule has 77 heavy (non-hydrogen) atoms. The second-order valence-electron chi connectivity index (χ2n) is 18.6. The fourth-order valence-electron chi connectivity index (χ4n) is 10.7. The molecule has 14 aromatic rings. The molecule has 0 fully saturated rings. The monoisotopic (exact) mass is 993 g/mol. The summed E-state index contributed by atoms with van der Waals surface area (Å²) in [5.41, 5.74) is 14.6. The Morgan fingerprint density at radius 2 is 0.636 bits per heavy atom. The minimum Gasteiger partial charge on any atom is -0.309 e. The van der Waals surface area contributed by atoms with E-state index in [0.29, 0.717) is 0 Å². The standard InChI is InChI=1S/C58H36N2.C6H6.C5H8.C4H8.C2H6/c1-2-12-37(13-3-1)51-36-52(39-24-30-42(31-25-39)60-55-20-10-6-16-46(55)47-17-7-11-21-56(47)60)49-33-27-40-26-32-43(48-34-35-50(51)58(49)57(40)48)38-22-28-41(29-23-38)59-53-18-8-4-14-44(53)45-15-5-9-19-54(45)59;1-2-4-6-5-3-1;1-3-5-4-2;1-3-4-2;1-2/h1-36H;1-6H;3-5H,1H2,2H3;3-4H,1-2H3;1-2H3/b;;5-4-;4-3-;. The molecule has 0 aliphatic heterocycles. The molecule has 2 heterocycles. The molecule has 12 aromatic carbocycles. The van der Waals surface area contributed by atoms with E-state index in [-0.39, 0.29) is 0 Å². The molecule has 0 saturated carbocycles. The normalized spacial score (nSPS) is 11.1. The molecule has 0 amide bonds. The molecular formula is C75H64N2. The lowest BCUT2D eigenvalue weighted by Crippen LogP contribution is -1.95. The Morgan fingerprint density at radius 1 is 0.299 bits per heavy atom. The lowest BCUT2D eigenvalue weighted by Gasteiger charge is -2.20. The zero-order valence-electron chi connectivity index (χ0n) is 44.7. The van der Waals surface area contributed by atoms with Crippen molar-refractivity contribution in [3.05, 3.63) is 292 Å². The number of nitrogens with zero attached hydrogens (tertiary/aromatic N) is 2. The molecule has 2 aromatic heterocycles. The number of hydrogen-bond donors (Lipinski definition) is 0. The Balaban J connectivity index is 0.000000346. The van der Waals surface area contributed by atoms with Crippen LogP contribution in [-0.4, -0.2) is 9.13 Å². The van der Waals surface area contributed by atoms with E-state index in [4.69, 9.17) is 0 Å². The number of allylic oxidation sites excluding steroid dienone is 5. The second-order valence-corrected chi connectivity index (χ2v) is 18.6. The fraction of sp³-hybridized carbons (Fsp3) is 0.0667. The topological polar surface area (TPSA) is 9.86 Å². The van der Waals surface area contributed by atoms with Crippen LogP contribution in [0.15, 0.2) is 292 Å². The number of benzene rings is 12. The molecule has 0 radical (unpaired) electrons. The summed E-state index contributed by atoms with van der Waals surface area (Å²) in [5.74, 6) is 0. The van der Waals surface area contributed by atoms with E-state index in [1.807, 2.05) is 95.3 Å². The van der Waals surface area contributed by atoms with Crippen molar-refractivity contribution in [2.45, 2.75) is 34.6 Å². The lowest BCUT2D eigenvalue weighted by atomic mass is 9.84. The number of hydrogen-bond acceptors (Lipinski definition) is 0. The predicted octanol–water partition coefficient (Wildman–Crippen LogP) is 21.8. The Hall–Kier alpha value is -9.50. The first-order valence-electron chi connectivity index (χ1n) is 26.9. The van der Waals surface area contributed by atoms with E-state index in [2.05, 4.69) is 234 Å². The van der Waals surface area contributed by atoms with Crippen molar-refractivity contribution in [2.24, 2.45) is 0 Å². The van der Waals surface area contributed by atoms with Crippen LogP contribution in [0.2, 0.25) is 0 Å². The second kappa shape index (κ2) is 23.8. The average molecular weight is 993 g/mol. The van der Waals surface area contributed by atoms with Crippen LogP contribution in [0, 0.1) is 0 Å². The van der Waals surface area contributed by atoms with Gasteiger partial charge in [0.15, 0.2) is 0 Å². The van der Waals surface area contributed by atoms with Crippen LogP contribution in [0.5, 0.6) is 0 Å². The zero-order chi connectivity index (χ0) is 53.1. The van der Waals surface area contributed by atoms with Crippen molar-refractivity contribution >= 4 is 75.9 Å². The zero-order valence-corrected chi connectivity index (χ0v) is 44.7. The lowest BCUT2D eigenvalue weighted by molar-refractivity contribution is 1.18. The van der Waals surface area contributed by atoms with E-state index in [1.165, 1.54) is 109 Å². The predicted molar refractivity (Wildman–Crippen MR) is 338 cm³/mol. The summed E-state index contributed by atoms with van der Waals surface area (Å²) in [7, 11) is 0. The van der Waals surface area contributed by atoms with Gasteiger partial charge in [0.25, 0.3) is 0 Å². The first-order valence-corrected chi connectivity index (χ1v) is 26.9. The van der Waals surface area contributed by atoms with Crippen molar-refractivity contribution < 1.29 is 0 Å². The van der Waals surface area contributed by atoms with Gasteiger partial charge in [0, 0.05) is 32.9 Å². The molecule has 0 saturated heterocycles. The number of fused-ring (bicyclic) bond motifs is 6. The fourth-order valence-corrected chi connectivity index (χ4v) is 10.7. The molecule has 14 rings (SSSR count). The van der Waals surface area contributed by atoms with Crippen LogP contribution in [0.3, 0.4) is 0 Å². The molecule has 2 nitrogen and oxygen atoms in total. The molecule has 2 heteroatoms. The van der Waals surface area contributed by atoms with Gasteiger partial charge in [0.2, 0.25) is 0 Å². The molecule has 0 unspecified atom stereocenters. The highest BCUT2D eigenvalue weighted by molar-refractivity contribution is 6.30. The van der Waals surface area contributed by atoms with Gasteiger partial charge in [-0.3, -0.25) is 0 Å². The first kappa shape index (κ1) is 51.0. The van der Waals surface area contributed by atoms with Crippen molar-refractivity contribution in [1.82, 2.24) is 9.13 Å². The maximum atomic E-state index is 3.46. The highest BCUT2D eigenvalue weighted by Crippen LogP contribution is 2.46. The SMILES string of the molecule is C/C=C\C.C=C/C=C\C.CC.c1ccc(-c2cc(-c3ccc(-n4c5ccccc5c5ccccc54)cc3)c3ccc4ccc(-c5ccc(-n6c7ccccc7c7ccccc76)cc5)c5ccc2c3c45)cc1.c1ccccc1. The Labute approximate surface area is 453 Å². The van der Waals surface area contributed by atoms with Gasteiger partial charge < -0.3 is 9.13 Å². The minimum absolute atomic E-state index is 1.16. The van der Waals surface area contributed by atoms with Crippen LogP contribution < -0.4 is 0 Å². The maximum Gasteiger partial charge on any atom is 0.0541 e. The average Bonchev–Trinajstić information content (AvgIpc) is 4.11. The van der Waals surface area contributed by atoms with Crippen LogP contribution in [-0.2, 0) is 0 Å². The summed E-state index contributed by atoms with van der Waals surface area (Å²) < 4.78 is 4.78. The molecule has 0 bridgehead atoms. The molecule has 0 aliphatic rings. The highest BCUT2D eigenvalue weighted by atomic mass is 15.0. The van der Waals surface area contributed by atoms with Gasteiger partial charge in [-0.05, 0) is 141 Å². The van der Waals surface area contributed by atoms with Crippen molar-refractivity contribution in [3.63, 3.8) is 0 Å². The summed E-state index contributed by atoms with van der Waals surface area (Å²) in [6.45, 7) is 13.4. The molecule has 374 valence electrons. The van der Waals surface area contributed by atoms with E-state index >= 15 is 0 Å². The smallest absolute Gasteiger partial charge is 0.0541 e. The Kier molecular flexibility index (Phi) is 15.8. The number of para-hydroxylation sites is 4. The van der Waals surface area contributed by atoms with Gasteiger partial charge in [-0.1, -0.05) is 251 Å². The van der Waals surface area contributed by atoms with Crippen molar-refractivity contribution in [2.75, 3.05) is 0 Å². The van der Waals surface area contributed by atoms with E-state index in [0.717, 1.165) is 11.4 Å². The van der Waals surface area contributed by atoms with Crippen LogP contribution in [0.25, 0.3) is 121 Å². The molecular weight excluding hydrogens is 929 g/mol. The molecule has 0 N–H and O–H groups in total. The van der Waals surface area contributed by atoms with Crippen LogP contribution in [0.4, 0.5) is 0 Å². The first-order chi connectivity index (χ1) is 38.1. The summed E-state index contributed by atoms with van der Waals surface area (Å²) in [6, 6.07) is 92.5. The quantitative estimate of drug-likeness (QED) is 0.0893. The van der Waals surface area contributed by atoms with Gasteiger partial charge in [-0.25, -0.2) is 0 Å². The molecule has 0 spiro atoms. The molecule has 0 atom stereocenters. The van der Waals surface area contributed by atoms with Gasteiger partial charge in [0.1, 0.15) is 0 Å². The summed E-state index contributed by atoms with van der Waals surface area (Å²) in [6.07, 6.45) is 9.58. The third-order valence-corrected chi connectivity index (χ3v) is 14.2. The Morgan fingerprint density at radius 3 is 1.03 bits per heavy atom. The van der Waals surface area contributed by atoms with Gasteiger partial charge in [-0.15, -0.1) is 0 Å².